The molecule has 1 aromatic carbocycles. The third-order valence-electron chi connectivity index (χ3n) is 3.23. The Morgan fingerprint density at radius 3 is 2.50 bits per heavy atom. The largest absolute Gasteiger partial charge is 0.308 e. The fourth-order valence-electron chi connectivity index (χ4n) is 2.07. The molecule has 1 N–H and O–H groups in total. The molecule has 0 aliphatic carbocycles. The predicted molar refractivity (Wildman–Crippen MR) is 76.2 cm³/mol. The summed E-state index contributed by atoms with van der Waals surface area (Å²) in [5.74, 6) is 0.756. The van der Waals surface area contributed by atoms with Gasteiger partial charge in [-0.15, -0.1) is 0 Å². The number of rotatable bonds is 6. The SMILES string of the molecule is CC(C)CCC(C)NC(C)c1cccc(C#N)c1. The Labute approximate surface area is 111 Å². The summed E-state index contributed by atoms with van der Waals surface area (Å²) >= 11 is 0. The molecule has 0 heterocycles. The molecule has 2 heteroatoms. The van der Waals surface area contributed by atoms with Gasteiger partial charge in [-0.1, -0.05) is 26.0 Å². The maximum absolute atomic E-state index is 8.90. The molecule has 0 aliphatic rings. The second-order valence-corrected chi connectivity index (χ2v) is 5.50. The fourth-order valence-corrected chi connectivity index (χ4v) is 2.07. The number of nitrogens with one attached hydrogen (secondary N) is 1. The maximum atomic E-state index is 8.90. The minimum atomic E-state index is 0.292. The van der Waals surface area contributed by atoms with Crippen LogP contribution < -0.4 is 5.32 Å². The zero-order chi connectivity index (χ0) is 13.5. The van der Waals surface area contributed by atoms with Crippen LogP contribution in [0.2, 0.25) is 0 Å². The van der Waals surface area contributed by atoms with Crippen LogP contribution in [0.15, 0.2) is 24.3 Å². The summed E-state index contributed by atoms with van der Waals surface area (Å²) in [7, 11) is 0. The van der Waals surface area contributed by atoms with Crippen LogP contribution in [0, 0.1) is 17.2 Å². The second kappa shape index (κ2) is 7.18. The topological polar surface area (TPSA) is 35.8 Å². The summed E-state index contributed by atoms with van der Waals surface area (Å²) < 4.78 is 0. The van der Waals surface area contributed by atoms with Crippen LogP contribution in [0.1, 0.15) is 57.7 Å². The van der Waals surface area contributed by atoms with E-state index in [0.717, 1.165) is 11.5 Å². The zero-order valence-corrected chi connectivity index (χ0v) is 11.9. The van der Waals surface area contributed by atoms with Crippen molar-refractivity contribution in [1.29, 1.82) is 5.26 Å². The molecule has 0 fully saturated rings. The Morgan fingerprint density at radius 2 is 1.89 bits per heavy atom. The van der Waals surface area contributed by atoms with Crippen LogP contribution in [0.3, 0.4) is 0 Å². The Bertz CT molecular complexity index is 404. The first-order valence-electron chi connectivity index (χ1n) is 6.79. The van der Waals surface area contributed by atoms with Crippen LogP contribution in [-0.2, 0) is 0 Å². The molecule has 0 saturated heterocycles. The number of nitrogens with zero attached hydrogens (tertiary/aromatic N) is 1. The van der Waals surface area contributed by atoms with Gasteiger partial charge in [0, 0.05) is 12.1 Å². The molecule has 1 rings (SSSR count). The molecule has 0 bridgehead atoms. The van der Waals surface area contributed by atoms with Gasteiger partial charge in [0.1, 0.15) is 0 Å². The van der Waals surface area contributed by atoms with Gasteiger partial charge in [0.2, 0.25) is 0 Å². The monoisotopic (exact) mass is 244 g/mol. The third kappa shape index (κ3) is 4.89. The van der Waals surface area contributed by atoms with E-state index in [1.54, 1.807) is 0 Å². The minimum absolute atomic E-state index is 0.292. The highest BCUT2D eigenvalue weighted by Gasteiger charge is 2.10. The molecule has 2 nitrogen and oxygen atoms in total. The van der Waals surface area contributed by atoms with E-state index >= 15 is 0 Å². The van der Waals surface area contributed by atoms with Crippen molar-refractivity contribution >= 4 is 0 Å². The molecule has 0 aromatic heterocycles. The van der Waals surface area contributed by atoms with E-state index in [-0.39, 0.29) is 0 Å². The standard InChI is InChI=1S/C16H24N2/c1-12(2)8-9-13(3)18-14(4)16-7-5-6-15(10-16)11-17/h5-7,10,12-14,18H,8-9H2,1-4H3. The normalized spacial score (nSPS) is 14.2. The van der Waals surface area contributed by atoms with E-state index in [4.69, 9.17) is 5.26 Å². The van der Waals surface area contributed by atoms with Crippen molar-refractivity contribution in [2.45, 2.75) is 52.6 Å². The van der Waals surface area contributed by atoms with Crippen molar-refractivity contribution < 1.29 is 0 Å². The van der Waals surface area contributed by atoms with Gasteiger partial charge in [-0.3, -0.25) is 0 Å². The van der Waals surface area contributed by atoms with Crippen molar-refractivity contribution in [3.05, 3.63) is 35.4 Å². The van der Waals surface area contributed by atoms with Crippen LogP contribution in [0.4, 0.5) is 0 Å². The highest BCUT2D eigenvalue weighted by Crippen LogP contribution is 2.16. The van der Waals surface area contributed by atoms with Gasteiger partial charge in [-0.05, 0) is 50.3 Å². The van der Waals surface area contributed by atoms with Crippen molar-refractivity contribution in [1.82, 2.24) is 5.32 Å². The molecule has 2 unspecified atom stereocenters. The Hall–Kier alpha value is -1.33. The van der Waals surface area contributed by atoms with Crippen LogP contribution >= 0.6 is 0 Å². The van der Waals surface area contributed by atoms with Gasteiger partial charge in [0.25, 0.3) is 0 Å². The molecule has 98 valence electrons. The lowest BCUT2D eigenvalue weighted by atomic mass is 10.0. The number of benzene rings is 1. The third-order valence-corrected chi connectivity index (χ3v) is 3.23. The molecule has 18 heavy (non-hydrogen) atoms. The first-order chi connectivity index (χ1) is 8.52. The zero-order valence-electron chi connectivity index (χ0n) is 11.9. The van der Waals surface area contributed by atoms with E-state index in [0.29, 0.717) is 12.1 Å². The van der Waals surface area contributed by atoms with Gasteiger partial charge in [-0.25, -0.2) is 0 Å². The van der Waals surface area contributed by atoms with E-state index < -0.39 is 0 Å². The predicted octanol–water partition coefficient (Wildman–Crippen LogP) is 4.03. The quantitative estimate of drug-likeness (QED) is 0.820. The Kier molecular flexibility index (Phi) is 5.88. The van der Waals surface area contributed by atoms with Crippen molar-refractivity contribution in [2.75, 3.05) is 0 Å². The minimum Gasteiger partial charge on any atom is -0.308 e. The highest BCUT2D eigenvalue weighted by atomic mass is 14.9. The van der Waals surface area contributed by atoms with Gasteiger partial charge in [0.15, 0.2) is 0 Å². The van der Waals surface area contributed by atoms with Gasteiger partial charge in [0.05, 0.1) is 11.6 Å². The first kappa shape index (κ1) is 14.7. The lowest BCUT2D eigenvalue weighted by Gasteiger charge is -2.21. The van der Waals surface area contributed by atoms with E-state index in [2.05, 4.69) is 45.1 Å². The molecule has 0 spiro atoms. The second-order valence-electron chi connectivity index (χ2n) is 5.50. The summed E-state index contributed by atoms with van der Waals surface area (Å²) in [5.41, 5.74) is 1.92. The van der Waals surface area contributed by atoms with E-state index in [1.165, 1.54) is 18.4 Å². The molecule has 0 saturated carbocycles. The number of nitriles is 1. The van der Waals surface area contributed by atoms with Gasteiger partial charge < -0.3 is 5.32 Å². The smallest absolute Gasteiger partial charge is 0.0991 e. The fraction of sp³-hybridized carbons (Fsp3) is 0.562. The summed E-state index contributed by atoms with van der Waals surface area (Å²) in [4.78, 5) is 0. The van der Waals surface area contributed by atoms with Gasteiger partial charge in [-0.2, -0.15) is 5.26 Å². The summed E-state index contributed by atoms with van der Waals surface area (Å²) in [5, 5.41) is 12.5. The highest BCUT2D eigenvalue weighted by molar-refractivity contribution is 5.34. The lowest BCUT2D eigenvalue weighted by molar-refractivity contribution is 0.417. The molecule has 1 aromatic rings. The van der Waals surface area contributed by atoms with Crippen LogP contribution in [0.5, 0.6) is 0 Å². The lowest BCUT2D eigenvalue weighted by Crippen LogP contribution is -2.29. The van der Waals surface area contributed by atoms with Gasteiger partial charge >= 0.3 is 0 Å². The van der Waals surface area contributed by atoms with Crippen molar-refractivity contribution in [3.63, 3.8) is 0 Å². The molecule has 2 atom stereocenters. The average molecular weight is 244 g/mol. The number of hydrogen-bond donors (Lipinski definition) is 1. The molecule has 0 amide bonds. The first-order valence-corrected chi connectivity index (χ1v) is 6.79. The summed E-state index contributed by atoms with van der Waals surface area (Å²) in [6.45, 7) is 8.90. The van der Waals surface area contributed by atoms with E-state index in [9.17, 15) is 0 Å². The maximum Gasteiger partial charge on any atom is 0.0991 e. The Morgan fingerprint density at radius 1 is 1.17 bits per heavy atom. The molecular weight excluding hydrogens is 220 g/mol. The summed E-state index contributed by atoms with van der Waals surface area (Å²) in [6, 6.07) is 10.8. The van der Waals surface area contributed by atoms with Crippen LogP contribution in [-0.4, -0.2) is 6.04 Å². The number of hydrogen-bond acceptors (Lipinski definition) is 2. The van der Waals surface area contributed by atoms with Crippen molar-refractivity contribution in [3.8, 4) is 6.07 Å². The van der Waals surface area contributed by atoms with E-state index in [1.807, 2.05) is 18.2 Å². The van der Waals surface area contributed by atoms with Crippen molar-refractivity contribution in [2.24, 2.45) is 5.92 Å². The van der Waals surface area contributed by atoms with Crippen LogP contribution in [0.25, 0.3) is 0 Å². The molecule has 0 radical (unpaired) electrons. The Balaban J connectivity index is 2.54. The molecular formula is C16H24N2. The molecule has 0 aliphatic heterocycles. The average Bonchev–Trinajstić information content (AvgIpc) is 2.36. The summed E-state index contributed by atoms with van der Waals surface area (Å²) in [6.07, 6.45) is 2.44.